The first-order chi connectivity index (χ1) is 30.9. The van der Waals surface area contributed by atoms with Crippen LogP contribution < -0.4 is 20.4 Å². The van der Waals surface area contributed by atoms with E-state index in [1.807, 2.05) is 62.4 Å². The van der Waals surface area contributed by atoms with E-state index in [1.165, 1.54) is 12.1 Å². The zero-order chi connectivity index (χ0) is 46.1. The summed E-state index contributed by atoms with van der Waals surface area (Å²) in [5, 5.41) is 9.98. The minimum atomic E-state index is -0.473. The number of hydrogen-bond acceptors (Lipinski definition) is 6. The SMILES string of the molecule is CC1(CC(=O)NC(C)(C)c2ccc(Cl)cc2)CCN(c2ccnc3ccc(F)cc23)CC1.CC1(CC(=O)NC2(c3ccc(Cl)cc3Cl)CC2)CCN(c2ccnc3ccc(F)cc23)CC1. The summed E-state index contributed by atoms with van der Waals surface area (Å²) in [6.45, 7) is 11.6. The molecule has 2 aliphatic heterocycles. The highest BCUT2D eigenvalue weighted by atomic mass is 35.5. The second-order valence-corrected chi connectivity index (χ2v) is 20.6. The largest absolute Gasteiger partial charge is 0.371 e. The summed E-state index contributed by atoms with van der Waals surface area (Å²) in [6.07, 6.45) is 9.81. The van der Waals surface area contributed by atoms with Gasteiger partial charge in [0.25, 0.3) is 0 Å². The minimum absolute atomic E-state index is 0.0531. The Kier molecular flexibility index (Phi) is 13.4. The molecule has 0 unspecified atom stereocenters. The van der Waals surface area contributed by atoms with Gasteiger partial charge < -0.3 is 20.4 Å². The van der Waals surface area contributed by atoms with Gasteiger partial charge in [0.05, 0.1) is 22.1 Å². The number of carbonyl (C=O) groups is 2. The Bertz CT molecular complexity index is 2710. The van der Waals surface area contributed by atoms with Gasteiger partial charge in [-0.2, -0.15) is 0 Å². The van der Waals surface area contributed by atoms with Crippen molar-refractivity contribution in [1.29, 1.82) is 0 Å². The second kappa shape index (κ2) is 18.7. The molecule has 0 radical (unpaired) electrons. The monoisotopic (exact) mass is 938 g/mol. The van der Waals surface area contributed by atoms with Crippen molar-refractivity contribution in [3.05, 3.63) is 141 Å². The molecule has 1 aliphatic carbocycles. The number of rotatable bonds is 10. The van der Waals surface area contributed by atoms with Crippen molar-refractivity contribution in [2.45, 2.75) is 90.1 Å². The number of piperidine rings is 2. The molecule has 2 aromatic heterocycles. The summed E-state index contributed by atoms with van der Waals surface area (Å²) in [4.78, 5) is 39.2. The topological polar surface area (TPSA) is 90.5 Å². The highest BCUT2D eigenvalue weighted by Gasteiger charge is 2.47. The summed E-state index contributed by atoms with van der Waals surface area (Å²) in [5.41, 5.74) is 4.54. The van der Waals surface area contributed by atoms with Crippen molar-refractivity contribution >= 4 is 79.8 Å². The summed E-state index contributed by atoms with van der Waals surface area (Å²) < 4.78 is 27.7. The van der Waals surface area contributed by atoms with E-state index in [2.05, 4.69) is 44.2 Å². The number of benzene rings is 4. The Balaban J connectivity index is 0.000000177. The average Bonchev–Trinajstić information content (AvgIpc) is 4.03. The Morgan fingerprint density at radius 1 is 0.631 bits per heavy atom. The van der Waals surface area contributed by atoms with Gasteiger partial charge >= 0.3 is 0 Å². The van der Waals surface area contributed by atoms with Gasteiger partial charge in [-0.05, 0) is 147 Å². The van der Waals surface area contributed by atoms with Crippen LogP contribution in [-0.4, -0.2) is 48.0 Å². The smallest absolute Gasteiger partial charge is 0.221 e. The van der Waals surface area contributed by atoms with Crippen LogP contribution in [0.1, 0.15) is 90.2 Å². The lowest BCUT2D eigenvalue weighted by molar-refractivity contribution is -0.126. The number of halogens is 5. The molecule has 0 atom stereocenters. The zero-order valence-electron chi connectivity index (χ0n) is 37.3. The number of pyridine rings is 2. The lowest BCUT2D eigenvalue weighted by Crippen LogP contribution is -2.45. The van der Waals surface area contributed by atoms with Gasteiger partial charge in [-0.1, -0.05) is 66.8 Å². The van der Waals surface area contributed by atoms with E-state index < -0.39 is 5.54 Å². The number of carbonyl (C=O) groups excluding carboxylic acids is 2. The third-order valence-electron chi connectivity index (χ3n) is 13.8. The van der Waals surface area contributed by atoms with Crippen LogP contribution in [0.4, 0.5) is 20.2 Å². The summed E-state index contributed by atoms with van der Waals surface area (Å²) >= 11 is 18.4. The Morgan fingerprint density at radius 3 is 1.58 bits per heavy atom. The molecule has 9 rings (SSSR count). The maximum Gasteiger partial charge on any atom is 0.221 e. The van der Waals surface area contributed by atoms with E-state index in [-0.39, 0.29) is 39.8 Å². The number of aromatic nitrogens is 2. The van der Waals surface area contributed by atoms with Crippen LogP contribution in [0.3, 0.4) is 0 Å². The fourth-order valence-corrected chi connectivity index (χ4v) is 10.3. The van der Waals surface area contributed by atoms with Crippen LogP contribution in [0.25, 0.3) is 21.8 Å². The van der Waals surface area contributed by atoms with E-state index >= 15 is 0 Å². The molecule has 3 fully saturated rings. The molecule has 0 spiro atoms. The molecule has 13 heteroatoms. The predicted octanol–water partition coefficient (Wildman–Crippen LogP) is 12.6. The van der Waals surface area contributed by atoms with Crippen molar-refractivity contribution < 1.29 is 18.4 Å². The lowest BCUT2D eigenvalue weighted by atomic mass is 9.77. The van der Waals surface area contributed by atoms with Gasteiger partial charge in [0.1, 0.15) is 11.6 Å². The first-order valence-corrected chi connectivity index (χ1v) is 23.5. The van der Waals surface area contributed by atoms with Crippen molar-refractivity contribution in [1.82, 2.24) is 20.6 Å². The molecule has 2 amide bonds. The Hall–Kier alpha value is -5.03. The second-order valence-electron chi connectivity index (χ2n) is 19.4. The number of anilines is 2. The van der Waals surface area contributed by atoms with Crippen LogP contribution in [0.5, 0.6) is 0 Å². The molecule has 3 aliphatic rings. The van der Waals surface area contributed by atoms with Crippen LogP contribution >= 0.6 is 34.8 Å². The van der Waals surface area contributed by atoms with E-state index in [9.17, 15) is 18.4 Å². The maximum absolute atomic E-state index is 13.9. The standard InChI is InChI=1S/C26H26Cl2FN3O.C26H29ClFN3O/c1-25(16-24(33)31-26(7-8-26)20-4-2-17(27)14-21(20)28)9-12-32(13-10-25)23-6-11-30-22-5-3-18(29)15-19(22)23;1-25(2,18-4-6-19(27)7-5-18)30-24(32)17-26(3)11-14-31(15-12-26)23-10-13-29-22-9-8-20(28)16-21(22)23/h2-6,11,14-15H,7-10,12-13,16H2,1H3,(H,31,33);4-10,13,16H,11-12,14-15,17H2,1-3H3,(H,30,32). The molecule has 2 saturated heterocycles. The van der Waals surface area contributed by atoms with Gasteiger partial charge in [-0.3, -0.25) is 19.6 Å². The molecule has 2 N–H and O–H groups in total. The fraction of sp³-hybridized carbons (Fsp3) is 0.385. The van der Waals surface area contributed by atoms with Crippen molar-refractivity contribution in [2.75, 3.05) is 36.0 Å². The number of hydrogen-bond donors (Lipinski definition) is 2. The quantitative estimate of drug-likeness (QED) is 0.142. The normalized spacial score (nSPS) is 17.6. The Morgan fingerprint density at radius 2 is 1.11 bits per heavy atom. The summed E-state index contributed by atoms with van der Waals surface area (Å²) in [6, 6.07) is 26.4. The lowest BCUT2D eigenvalue weighted by Gasteiger charge is -2.41. The number of nitrogens with zero attached hydrogens (tertiary/aromatic N) is 4. The van der Waals surface area contributed by atoms with Crippen LogP contribution in [0, 0.1) is 22.5 Å². The van der Waals surface area contributed by atoms with Crippen molar-refractivity contribution in [3.63, 3.8) is 0 Å². The van der Waals surface area contributed by atoms with Gasteiger partial charge in [0, 0.05) is 88.6 Å². The molecule has 6 aromatic rings. The van der Waals surface area contributed by atoms with E-state index in [0.29, 0.717) is 27.9 Å². The summed E-state index contributed by atoms with van der Waals surface area (Å²) in [7, 11) is 0. The Labute approximate surface area is 395 Å². The van der Waals surface area contributed by atoms with Gasteiger partial charge in [0.15, 0.2) is 0 Å². The number of fused-ring (bicyclic) bond motifs is 2. The van der Waals surface area contributed by atoms with Gasteiger partial charge in [0.2, 0.25) is 11.8 Å². The van der Waals surface area contributed by atoms with Crippen LogP contribution in [-0.2, 0) is 20.7 Å². The third kappa shape index (κ3) is 10.8. The van der Waals surface area contributed by atoms with Gasteiger partial charge in [-0.25, -0.2) is 8.78 Å². The van der Waals surface area contributed by atoms with Crippen LogP contribution in [0.15, 0.2) is 103 Å². The highest BCUT2D eigenvalue weighted by Crippen LogP contribution is 2.49. The molecule has 0 bridgehead atoms. The van der Waals surface area contributed by atoms with E-state index in [0.717, 1.165) is 109 Å². The highest BCUT2D eigenvalue weighted by molar-refractivity contribution is 6.35. The molecule has 4 aromatic carbocycles. The molecule has 8 nitrogen and oxygen atoms in total. The van der Waals surface area contributed by atoms with Gasteiger partial charge in [-0.15, -0.1) is 0 Å². The molecule has 65 heavy (non-hydrogen) atoms. The number of amides is 2. The molecular formula is C52H55Cl3F2N6O2. The first-order valence-electron chi connectivity index (χ1n) is 22.3. The maximum atomic E-state index is 13.9. The average molecular weight is 940 g/mol. The first kappa shape index (κ1) is 46.5. The molecular weight excluding hydrogens is 885 g/mol. The molecule has 4 heterocycles. The van der Waals surface area contributed by atoms with E-state index in [1.54, 1.807) is 42.7 Å². The van der Waals surface area contributed by atoms with Crippen molar-refractivity contribution in [2.24, 2.45) is 10.8 Å². The number of nitrogens with one attached hydrogen (secondary N) is 2. The fourth-order valence-electron chi connectivity index (χ4n) is 9.57. The van der Waals surface area contributed by atoms with E-state index in [4.69, 9.17) is 34.8 Å². The predicted molar refractivity (Wildman–Crippen MR) is 260 cm³/mol. The molecule has 340 valence electrons. The summed E-state index contributed by atoms with van der Waals surface area (Å²) in [5.74, 6) is -0.401. The molecule has 1 saturated carbocycles. The minimum Gasteiger partial charge on any atom is -0.371 e. The zero-order valence-corrected chi connectivity index (χ0v) is 39.6. The van der Waals surface area contributed by atoms with Crippen LogP contribution in [0.2, 0.25) is 15.1 Å². The third-order valence-corrected chi connectivity index (χ3v) is 14.6. The van der Waals surface area contributed by atoms with Crippen molar-refractivity contribution in [3.8, 4) is 0 Å².